The van der Waals surface area contributed by atoms with E-state index in [4.69, 9.17) is 39.8 Å². The molecule has 0 N–H and O–H groups in total. The van der Waals surface area contributed by atoms with Crippen LogP contribution >= 0.6 is 0 Å². The number of carbonyl (C=O) groups excluding carboxylic acids is 3. The summed E-state index contributed by atoms with van der Waals surface area (Å²) < 4.78 is 288. The van der Waals surface area contributed by atoms with Crippen LogP contribution in [0.1, 0.15) is 12.8 Å². The Morgan fingerprint density at radius 3 is 0.954 bits per heavy atom. The van der Waals surface area contributed by atoms with Crippen LogP contribution in [0, 0.1) is 0 Å². The van der Waals surface area contributed by atoms with Crippen molar-refractivity contribution in [2.45, 2.75) is 106 Å². The number of ether oxygens (including phenoxy) is 3. The molecule has 0 aromatic carbocycles. The van der Waals surface area contributed by atoms with Crippen LogP contribution in [0.3, 0.4) is 0 Å². The first-order valence-electron chi connectivity index (χ1n) is 18.1. The summed E-state index contributed by atoms with van der Waals surface area (Å²) in [5.74, 6) is -60.6. The molecule has 0 bridgehead atoms. The summed E-state index contributed by atoms with van der Waals surface area (Å²) in [6.45, 7) is 13.7. The van der Waals surface area contributed by atoms with Gasteiger partial charge in [-0.05, 0) is 45.7 Å². The molecule has 0 heterocycles. The number of carbonyl (C=O) groups is 3. The Morgan fingerprint density at radius 2 is 0.692 bits per heavy atom. The van der Waals surface area contributed by atoms with Crippen LogP contribution in [-0.2, 0) is 54.2 Å². The fraction of sp³-hybridized carbons (Fsp3) is 0.719. The van der Waals surface area contributed by atoms with Gasteiger partial charge in [-0.25, -0.2) is 14.4 Å². The molecule has 0 amide bonds. The summed E-state index contributed by atoms with van der Waals surface area (Å²) in [6, 6.07) is -1.33. The highest BCUT2D eigenvalue weighted by atomic mass is 28.5. The normalized spacial score (nSPS) is 14.4. The van der Waals surface area contributed by atoms with Crippen molar-refractivity contribution in [1.29, 1.82) is 0 Å². The Balaban J connectivity index is 7.38. The van der Waals surface area contributed by atoms with Crippen LogP contribution in [0.15, 0.2) is 38.0 Å². The molecule has 65 heavy (non-hydrogen) atoms. The molecule has 0 aliphatic carbocycles. The predicted octanol–water partition coefficient (Wildman–Crippen LogP) is 9.11. The molecule has 0 radical (unpaired) electrons. The molecule has 0 fully saturated rings. The van der Waals surface area contributed by atoms with Crippen LogP contribution in [0.5, 0.6) is 0 Å². The van der Waals surface area contributed by atoms with E-state index >= 15 is 8.78 Å². The first-order valence-corrected chi connectivity index (χ1v) is 28.4. The highest BCUT2D eigenvalue weighted by Crippen LogP contribution is 2.64. The highest BCUT2D eigenvalue weighted by molar-refractivity contribution is 6.87. The summed E-state index contributed by atoms with van der Waals surface area (Å²) in [7, 11) is -17.1. The number of alkyl halides is 17. The molecule has 0 aliphatic rings. The number of hydrogen-bond acceptors (Lipinski definition) is 12. The monoisotopic (exact) mass is 1060 g/mol. The summed E-state index contributed by atoms with van der Waals surface area (Å²) in [4.78, 5) is 34.4. The second-order valence-corrected chi connectivity index (χ2v) is 27.9. The molecular weight excluding hydrogens is 1010 g/mol. The molecule has 0 rings (SSSR count). The van der Waals surface area contributed by atoms with Gasteiger partial charge in [0.15, 0.2) is 0 Å². The van der Waals surface area contributed by atoms with Crippen LogP contribution in [0.2, 0.25) is 45.3 Å². The third-order valence-electron chi connectivity index (χ3n) is 7.80. The minimum absolute atomic E-state index is 0.501. The van der Waals surface area contributed by atoms with Crippen LogP contribution in [0.4, 0.5) is 74.6 Å². The van der Waals surface area contributed by atoms with Gasteiger partial charge in [-0.1, -0.05) is 19.7 Å². The number of rotatable bonds is 31. The van der Waals surface area contributed by atoms with E-state index in [2.05, 4.69) is 19.7 Å². The standard InChI is InChI=1S/C32H45F17O12Si4/c1-10-22(50)53-15-18-56-62(4,5)59-65(60-63(6,7)57-19-16-54-23(51)11-2,61-64(8,9)58-20-17-55-24(52)12-3)21-13-14-25(33,34)26(35,36)27(37,38)28(39,40)29(41,42)30(43,44)31(45,46)32(47,48)49/h10-12H,1-3,13-21H2,4-9H3. The van der Waals surface area contributed by atoms with Gasteiger partial charge in [-0.2, -0.15) is 74.6 Å². The van der Waals surface area contributed by atoms with Crippen LogP contribution in [0.25, 0.3) is 0 Å². The lowest BCUT2D eigenvalue weighted by atomic mass is 9.88. The van der Waals surface area contributed by atoms with E-state index < -0.39 is 159 Å². The molecule has 0 unspecified atom stereocenters. The average Bonchev–Trinajstić information content (AvgIpc) is 3.14. The lowest BCUT2D eigenvalue weighted by molar-refractivity contribution is -0.461. The van der Waals surface area contributed by atoms with E-state index in [0.717, 1.165) is 18.2 Å². The van der Waals surface area contributed by atoms with Gasteiger partial charge < -0.3 is 39.8 Å². The van der Waals surface area contributed by atoms with Crippen molar-refractivity contribution in [3.8, 4) is 0 Å². The fourth-order valence-electron chi connectivity index (χ4n) is 4.77. The molecule has 0 aromatic rings. The van der Waals surface area contributed by atoms with Gasteiger partial charge in [0.05, 0.1) is 19.8 Å². The summed E-state index contributed by atoms with van der Waals surface area (Å²) in [5.41, 5.74) is 0. The first kappa shape index (κ1) is 62.1. The lowest BCUT2D eigenvalue weighted by Gasteiger charge is -2.44. The maximum atomic E-state index is 15.2. The quantitative estimate of drug-likeness (QED) is 0.0164. The molecule has 0 spiro atoms. The largest absolute Gasteiger partial charge is 0.474 e. The third-order valence-corrected chi connectivity index (χ3v) is 21.1. The molecule has 0 saturated heterocycles. The van der Waals surface area contributed by atoms with Gasteiger partial charge in [0.2, 0.25) is 0 Å². The van der Waals surface area contributed by atoms with E-state index in [1.54, 1.807) is 0 Å². The van der Waals surface area contributed by atoms with Crippen molar-refractivity contribution in [3.63, 3.8) is 0 Å². The van der Waals surface area contributed by atoms with Gasteiger partial charge >= 0.3 is 100 Å². The van der Waals surface area contributed by atoms with Gasteiger partial charge in [0.1, 0.15) is 19.8 Å². The molecule has 0 aliphatic heterocycles. The highest BCUT2D eigenvalue weighted by Gasteiger charge is 2.95. The second-order valence-electron chi connectivity index (χ2n) is 14.4. The zero-order valence-corrected chi connectivity index (χ0v) is 39.0. The minimum atomic E-state index is -8.81. The van der Waals surface area contributed by atoms with Crippen molar-refractivity contribution in [2.24, 2.45) is 0 Å². The molecule has 0 saturated carbocycles. The Kier molecular flexibility index (Phi) is 21.4. The minimum Gasteiger partial charge on any atom is -0.460 e. The van der Waals surface area contributed by atoms with Gasteiger partial charge in [-0.3, -0.25) is 0 Å². The summed E-state index contributed by atoms with van der Waals surface area (Å²) in [6.07, 6.45) is -10.2. The maximum absolute atomic E-state index is 15.2. The SMILES string of the molecule is C=CC(=O)OCCO[Si](C)(C)O[Si](CCCC(F)(F)C(F)(F)C(F)(F)C(F)(F)C(F)(F)C(F)(F)C(F)(F)C(F)(F)F)(O[Si](C)(C)OCCOC(=O)C=C)O[Si](C)(C)OCCOC(=O)C=C. The Morgan fingerprint density at radius 1 is 0.431 bits per heavy atom. The Hall–Kier alpha value is -2.93. The molecule has 33 heteroatoms. The van der Waals surface area contributed by atoms with Crippen molar-refractivity contribution >= 4 is 52.4 Å². The topological polar surface area (TPSA) is 134 Å². The van der Waals surface area contributed by atoms with Crippen LogP contribution in [-0.4, -0.2) is 140 Å². The van der Waals surface area contributed by atoms with Crippen molar-refractivity contribution < 1.29 is 129 Å². The maximum Gasteiger partial charge on any atom is 0.474 e. The van der Waals surface area contributed by atoms with E-state index in [1.165, 1.54) is 39.3 Å². The van der Waals surface area contributed by atoms with E-state index in [9.17, 15) is 80.2 Å². The molecule has 380 valence electrons. The zero-order chi connectivity index (χ0) is 51.6. The summed E-state index contributed by atoms with van der Waals surface area (Å²) in [5, 5.41) is 0. The van der Waals surface area contributed by atoms with E-state index in [-0.39, 0.29) is 0 Å². The van der Waals surface area contributed by atoms with E-state index in [1.807, 2.05) is 0 Å². The zero-order valence-electron chi connectivity index (χ0n) is 35.0. The van der Waals surface area contributed by atoms with Crippen molar-refractivity contribution in [2.75, 3.05) is 39.6 Å². The lowest BCUT2D eigenvalue weighted by Crippen LogP contribution is -2.74. The number of halogens is 17. The third kappa shape index (κ3) is 15.8. The van der Waals surface area contributed by atoms with E-state index in [0.29, 0.717) is 0 Å². The Bertz CT molecular complexity index is 1550. The molecule has 0 atom stereocenters. The summed E-state index contributed by atoms with van der Waals surface area (Å²) >= 11 is 0. The number of esters is 3. The molecule has 0 aromatic heterocycles. The molecular formula is C32H45F17O12Si4. The van der Waals surface area contributed by atoms with Crippen molar-refractivity contribution in [3.05, 3.63) is 38.0 Å². The first-order chi connectivity index (χ1) is 28.9. The fourth-order valence-corrected chi connectivity index (χ4v) is 19.7. The van der Waals surface area contributed by atoms with Crippen molar-refractivity contribution in [1.82, 2.24) is 0 Å². The average molecular weight is 1060 g/mol. The molecule has 12 nitrogen and oxygen atoms in total. The van der Waals surface area contributed by atoms with Gasteiger partial charge in [-0.15, -0.1) is 0 Å². The van der Waals surface area contributed by atoms with Gasteiger partial charge in [0, 0.05) is 30.7 Å². The smallest absolute Gasteiger partial charge is 0.460 e. The van der Waals surface area contributed by atoms with Gasteiger partial charge in [0.25, 0.3) is 0 Å². The van der Waals surface area contributed by atoms with Crippen LogP contribution < -0.4 is 0 Å². The predicted molar refractivity (Wildman–Crippen MR) is 198 cm³/mol. The Labute approximate surface area is 364 Å². The second kappa shape index (κ2) is 22.5. The number of hydrogen-bond donors (Lipinski definition) is 0.